The third-order valence-corrected chi connectivity index (χ3v) is 5.83. The molecule has 1 N–H and O–H groups in total. The van der Waals surface area contributed by atoms with Crippen molar-refractivity contribution in [1.82, 2.24) is 10.2 Å². The summed E-state index contributed by atoms with van der Waals surface area (Å²) in [6.07, 6.45) is 13.2. The molecule has 2 saturated carbocycles. The molecule has 3 fully saturated rings. The van der Waals surface area contributed by atoms with E-state index >= 15 is 0 Å². The average Bonchev–Trinajstić information content (AvgIpc) is 3.16. The molecule has 0 radical (unpaired) electrons. The fourth-order valence-corrected chi connectivity index (χ4v) is 4.47. The van der Waals surface area contributed by atoms with Crippen molar-refractivity contribution in [1.29, 1.82) is 5.26 Å². The summed E-state index contributed by atoms with van der Waals surface area (Å²) in [5, 5.41) is 12.9. The molecule has 0 aromatic heterocycles. The zero-order chi connectivity index (χ0) is 14.7. The van der Waals surface area contributed by atoms with Crippen LogP contribution in [-0.4, -0.2) is 35.6 Å². The van der Waals surface area contributed by atoms with Crippen LogP contribution in [0, 0.1) is 17.2 Å². The van der Waals surface area contributed by atoms with Crippen LogP contribution in [0.1, 0.15) is 71.1 Å². The van der Waals surface area contributed by atoms with Crippen molar-refractivity contribution in [3.8, 4) is 6.07 Å². The summed E-state index contributed by atoms with van der Waals surface area (Å²) in [7, 11) is 0. The van der Waals surface area contributed by atoms with Crippen LogP contribution in [0.2, 0.25) is 0 Å². The summed E-state index contributed by atoms with van der Waals surface area (Å²) in [6.45, 7) is 4.66. The fraction of sp³-hybridized carbons (Fsp3) is 0.944. The van der Waals surface area contributed by atoms with Crippen LogP contribution in [0.5, 0.6) is 0 Å². The number of fused-ring (bicyclic) bond motifs is 1. The van der Waals surface area contributed by atoms with Crippen LogP contribution in [0.25, 0.3) is 0 Å². The van der Waals surface area contributed by atoms with Gasteiger partial charge in [-0.15, -0.1) is 0 Å². The first-order valence-electron chi connectivity index (χ1n) is 9.13. The fourth-order valence-electron chi connectivity index (χ4n) is 4.47. The highest BCUT2D eigenvalue weighted by Crippen LogP contribution is 2.36. The summed E-state index contributed by atoms with van der Waals surface area (Å²) in [4.78, 5) is 2.76. The van der Waals surface area contributed by atoms with Crippen molar-refractivity contribution >= 4 is 0 Å². The maximum absolute atomic E-state index is 9.41. The van der Waals surface area contributed by atoms with E-state index in [4.69, 9.17) is 0 Å². The van der Waals surface area contributed by atoms with Gasteiger partial charge in [0, 0.05) is 12.1 Å². The lowest BCUT2D eigenvalue weighted by atomic mass is 9.91. The summed E-state index contributed by atoms with van der Waals surface area (Å²) in [5.41, 5.74) is -0.293. The minimum absolute atomic E-state index is 0.293. The summed E-state index contributed by atoms with van der Waals surface area (Å²) in [5.74, 6) is 1.000. The molecule has 3 unspecified atom stereocenters. The van der Waals surface area contributed by atoms with Gasteiger partial charge in [-0.05, 0) is 83.7 Å². The molecule has 1 saturated heterocycles. The molecular formula is C18H31N3. The van der Waals surface area contributed by atoms with E-state index in [0.717, 1.165) is 18.4 Å². The highest BCUT2D eigenvalue weighted by atomic mass is 15.2. The zero-order valence-electron chi connectivity index (χ0n) is 13.6. The maximum atomic E-state index is 9.41. The van der Waals surface area contributed by atoms with E-state index in [1.54, 1.807) is 0 Å². The molecule has 3 heteroatoms. The molecule has 0 spiro atoms. The first-order chi connectivity index (χ1) is 10.2. The predicted octanol–water partition coefficient (Wildman–Crippen LogP) is 3.46. The number of likely N-dealkylation sites (tertiary alicyclic amines) is 1. The Labute approximate surface area is 130 Å². The molecule has 21 heavy (non-hydrogen) atoms. The largest absolute Gasteiger partial charge is 0.300 e. The van der Waals surface area contributed by atoms with Crippen LogP contribution in [0.3, 0.4) is 0 Å². The predicted molar refractivity (Wildman–Crippen MR) is 86.0 cm³/mol. The van der Waals surface area contributed by atoms with E-state index in [2.05, 4.69) is 23.2 Å². The molecule has 1 heterocycles. The molecule has 2 aliphatic carbocycles. The molecule has 3 rings (SSSR count). The normalized spacial score (nSPS) is 32.4. The Morgan fingerprint density at radius 3 is 2.71 bits per heavy atom. The minimum Gasteiger partial charge on any atom is -0.300 e. The Morgan fingerprint density at radius 1 is 1.14 bits per heavy atom. The van der Waals surface area contributed by atoms with Crippen molar-refractivity contribution in [2.45, 2.75) is 88.8 Å². The molecule has 118 valence electrons. The highest BCUT2D eigenvalue weighted by Gasteiger charge is 2.35. The van der Waals surface area contributed by atoms with E-state index in [9.17, 15) is 5.26 Å². The molecule has 0 aromatic rings. The summed E-state index contributed by atoms with van der Waals surface area (Å²) < 4.78 is 0. The quantitative estimate of drug-likeness (QED) is 0.730. The van der Waals surface area contributed by atoms with Crippen molar-refractivity contribution in [3.05, 3.63) is 0 Å². The second-order valence-electron chi connectivity index (χ2n) is 7.76. The third kappa shape index (κ3) is 3.99. The molecular weight excluding hydrogens is 258 g/mol. The van der Waals surface area contributed by atoms with Crippen LogP contribution in [-0.2, 0) is 0 Å². The van der Waals surface area contributed by atoms with E-state index in [1.165, 1.54) is 70.9 Å². The summed E-state index contributed by atoms with van der Waals surface area (Å²) >= 11 is 0. The van der Waals surface area contributed by atoms with E-state index in [-0.39, 0.29) is 5.54 Å². The van der Waals surface area contributed by atoms with Gasteiger partial charge in [-0.2, -0.15) is 5.26 Å². The monoisotopic (exact) mass is 289 g/mol. The van der Waals surface area contributed by atoms with Crippen LogP contribution in [0.4, 0.5) is 0 Å². The minimum atomic E-state index is -0.293. The number of nitrogens with one attached hydrogen (secondary N) is 1. The molecule has 3 atom stereocenters. The Morgan fingerprint density at radius 2 is 1.95 bits per heavy atom. The Bertz CT molecular complexity index is 384. The molecule has 0 amide bonds. The number of nitrogens with zero attached hydrogens (tertiary/aromatic N) is 2. The van der Waals surface area contributed by atoms with Crippen molar-refractivity contribution in [2.75, 3.05) is 13.1 Å². The number of hydrogen-bond acceptors (Lipinski definition) is 3. The van der Waals surface area contributed by atoms with Gasteiger partial charge in [0.05, 0.1) is 6.07 Å². The van der Waals surface area contributed by atoms with Gasteiger partial charge >= 0.3 is 0 Å². The lowest BCUT2D eigenvalue weighted by Crippen LogP contribution is -2.44. The standard InChI is InChI=1S/C18H31N3/c1-18(14-19,20-16-9-10-16)11-2-3-12-21-13-5-7-15-6-4-8-17(15)21/h15-17,20H,2-13H2,1H3. The Balaban J connectivity index is 1.38. The highest BCUT2D eigenvalue weighted by molar-refractivity contribution is 5.07. The zero-order valence-corrected chi connectivity index (χ0v) is 13.6. The van der Waals surface area contributed by atoms with Crippen LogP contribution in [0.15, 0.2) is 0 Å². The second kappa shape index (κ2) is 6.67. The van der Waals surface area contributed by atoms with Gasteiger partial charge in [-0.25, -0.2) is 0 Å². The van der Waals surface area contributed by atoms with Crippen molar-refractivity contribution in [3.63, 3.8) is 0 Å². The van der Waals surface area contributed by atoms with Gasteiger partial charge in [0.2, 0.25) is 0 Å². The first kappa shape index (κ1) is 15.3. The van der Waals surface area contributed by atoms with Crippen molar-refractivity contribution < 1.29 is 0 Å². The van der Waals surface area contributed by atoms with Gasteiger partial charge in [-0.1, -0.05) is 6.42 Å². The van der Waals surface area contributed by atoms with Gasteiger partial charge < -0.3 is 4.90 Å². The van der Waals surface area contributed by atoms with Crippen molar-refractivity contribution in [2.24, 2.45) is 5.92 Å². The lowest BCUT2D eigenvalue weighted by molar-refractivity contribution is 0.110. The number of rotatable bonds is 7. The maximum Gasteiger partial charge on any atom is 0.104 e. The van der Waals surface area contributed by atoms with E-state index < -0.39 is 0 Å². The van der Waals surface area contributed by atoms with E-state index in [0.29, 0.717) is 6.04 Å². The molecule has 1 aliphatic heterocycles. The van der Waals surface area contributed by atoms with Gasteiger partial charge in [0.1, 0.15) is 5.54 Å². The van der Waals surface area contributed by atoms with Gasteiger partial charge in [0.15, 0.2) is 0 Å². The lowest BCUT2D eigenvalue weighted by Gasteiger charge is -2.38. The summed E-state index contributed by atoms with van der Waals surface area (Å²) in [6, 6.07) is 4.02. The first-order valence-corrected chi connectivity index (χ1v) is 9.13. The molecule has 3 nitrogen and oxygen atoms in total. The molecule has 0 bridgehead atoms. The second-order valence-corrected chi connectivity index (χ2v) is 7.76. The molecule has 3 aliphatic rings. The topological polar surface area (TPSA) is 39.1 Å². The number of piperidine rings is 1. The van der Waals surface area contributed by atoms with E-state index in [1.807, 2.05) is 0 Å². The number of unbranched alkanes of at least 4 members (excludes halogenated alkanes) is 1. The van der Waals surface area contributed by atoms with Crippen LogP contribution < -0.4 is 5.32 Å². The number of hydrogen-bond donors (Lipinski definition) is 1. The average molecular weight is 289 g/mol. The smallest absolute Gasteiger partial charge is 0.104 e. The Hall–Kier alpha value is -0.590. The molecule has 0 aromatic carbocycles. The van der Waals surface area contributed by atoms with Gasteiger partial charge in [-0.3, -0.25) is 5.32 Å². The third-order valence-electron chi connectivity index (χ3n) is 5.83. The van der Waals surface area contributed by atoms with Crippen LogP contribution >= 0.6 is 0 Å². The Kier molecular flexibility index (Phi) is 4.86. The number of nitriles is 1. The SMILES string of the molecule is CC(C#N)(CCCCN1CCCC2CCCC21)NC1CC1. The van der Waals surface area contributed by atoms with Gasteiger partial charge in [0.25, 0.3) is 0 Å².